The third kappa shape index (κ3) is 3.71. The second-order valence-corrected chi connectivity index (χ2v) is 7.07. The number of aryl methyl sites for hydroxylation is 2. The highest BCUT2D eigenvalue weighted by Gasteiger charge is 2.17. The van der Waals surface area contributed by atoms with E-state index in [1.165, 1.54) is 23.1 Å². The lowest BCUT2D eigenvalue weighted by Crippen LogP contribution is -2.22. The summed E-state index contributed by atoms with van der Waals surface area (Å²) in [7, 11) is 0. The van der Waals surface area contributed by atoms with Crippen LogP contribution in [0.3, 0.4) is 0 Å². The van der Waals surface area contributed by atoms with Crippen LogP contribution < -0.4 is 11.1 Å². The van der Waals surface area contributed by atoms with Gasteiger partial charge in [0.05, 0.1) is 5.25 Å². The second kappa shape index (κ2) is 6.23. The molecule has 0 aliphatic carbocycles. The predicted octanol–water partition coefficient (Wildman–Crippen LogP) is 2.86. The summed E-state index contributed by atoms with van der Waals surface area (Å²) in [6, 6.07) is 5.98. The molecule has 3 N–H and O–H groups in total. The van der Waals surface area contributed by atoms with E-state index in [-0.39, 0.29) is 11.2 Å². The van der Waals surface area contributed by atoms with Crippen LogP contribution in [-0.4, -0.2) is 21.4 Å². The van der Waals surface area contributed by atoms with Crippen molar-refractivity contribution in [2.45, 2.75) is 30.4 Å². The normalized spacial score (nSPS) is 12.2. The van der Waals surface area contributed by atoms with Crippen molar-refractivity contribution < 1.29 is 4.79 Å². The van der Waals surface area contributed by atoms with Gasteiger partial charge in [0.2, 0.25) is 11.0 Å². The van der Waals surface area contributed by atoms with E-state index in [9.17, 15) is 4.79 Å². The Balaban J connectivity index is 2.02. The van der Waals surface area contributed by atoms with Crippen molar-refractivity contribution in [2.75, 3.05) is 11.1 Å². The standard InChI is InChI=1S/C13H16N4OS2/c1-7-4-5-8(2)10(6-7)15-11(18)9(3)19-13-17-16-12(14)20-13/h4-6,9H,1-3H3,(H2,14,16)(H,15,18)/t9-/m1/s1. The van der Waals surface area contributed by atoms with E-state index in [2.05, 4.69) is 15.5 Å². The first kappa shape index (κ1) is 14.8. The second-order valence-electron chi connectivity index (χ2n) is 4.47. The number of anilines is 2. The van der Waals surface area contributed by atoms with Gasteiger partial charge in [0.15, 0.2) is 4.34 Å². The van der Waals surface area contributed by atoms with Crippen LogP contribution in [0.2, 0.25) is 0 Å². The number of benzene rings is 1. The minimum absolute atomic E-state index is 0.0579. The molecule has 0 spiro atoms. The molecule has 1 atom stereocenters. The van der Waals surface area contributed by atoms with Crippen LogP contribution in [0.15, 0.2) is 22.5 Å². The number of nitrogen functional groups attached to an aromatic ring is 1. The predicted molar refractivity (Wildman–Crippen MR) is 84.2 cm³/mol. The van der Waals surface area contributed by atoms with E-state index < -0.39 is 0 Å². The molecule has 2 aromatic rings. The zero-order valence-corrected chi connectivity index (χ0v) is 13.1. The highest BCUT2D eigenvalue weighted by Crippen LogP contribution is 2.28. The zero-order valence-electron chi connectivity index (χ0n) is 11.5. The number of amides is 1. The van der Waals surface area contributed by atoms with Crippen LogP contribution in [0, 0.1) is 13.8 Å². The number of nitrogens with one attached hydrogen (secondary N) is 1. The summed E-state index contributed by atoms with van der Waals surface area (Å²) in [5.41, 5.74) is 8.52. The molecule has 0 saturated carbocycles. The van der Waals surface area contributed by atoms with Crippen molar-refractivity contribution in [1.29, 1.82) is 0 Å². The molecule has 1 aromatic heterocycles. The van der Waals surface area contributed by atoms with Gasteiger partial charge in [-0.2, -0.15) is 0 Å². The Kier molecular flexibility index (Phi) is 4.61. The Hall–Kier alpha value is -1.60. The molecule has 0 radical (unpaired) electrons. The van der Waals surface area contributed by atoms with Crippen LogP contribution >= 0.6 is 23.1 Å². The number of carbonyl (C=O) groups excluding carboxylic acids is 1. The van der Waals surface area contributed by atoms with Gasteiger partial charge in [-0.15, -0.1) is 10.2 Å². The van der Waals surface area contributed by atoms with Crippen molar-refractivity contribution in [2.24, 2.45) is 0 Å². The molecule has 0 unspecified atom stereocenters. The Morgan fingerprint density at radius 1 is 1.40 bits per heavy atom. The zero-order chi connectivity index (χ0) is 14.7. The topological polar surface area (TPSA) is 80.9 Å². The smallest absolute Gasteiger partial charge is 0.237 e. The van der Waals surface area contributed by atoms with Gasteiger partial charge in [-0.25, -0.2) is 0 Å². The lowest BCUT2D eigenvalue weighted by Gasteiger charge is -2.12. The molecule has 0 fully saturated rings. The molecule has 20 heavy (non-hydrogen) atoms. The molecule has 0 aliphatic heterocycles. The fourth-order valence-corrected chi connectivity index (χ4v) is 3.36. The van der Waals surface area contributed by atoms with Crippen molar-refractivity contribution in [3.05, 3.63) is 29.3 Å². The molecular weight excluding hydrogens is 292 g/mol. The Bertz CT molecular complexity index is 627. The Labute approximate surface area is 126 Å². The fourth-order valence-electron chi connectivity index (χ4n) is 1.58. The maximum Gasteiger partial charge on any atom is 0.237 e. The first-order valence-corrected chi connectivity index (χ1v) is 7.79. The monoisotopic (exact) mass is 308 g/mol. The van der Waals surface area contributed by atoms with Crippen molar-refractivity contribution in [3.63, 3.8) is 0 Å². The minimum Gasteiger partial charge on any atom is -0.374 e. The van der Waals surface area contributed by atoms with Gasteiger partial charge in [-0.3, -0.25) is 4.79 Å². The van der Waals surface area contributed by atoms with Crippen molar-refractivity contribution in [1.82, 2.24) is 10.2 Å². The van der Waals surface area contributed by atoms with E-state index in [0.717, 1.165) is 16.8 Å². The summed E-state index contributed by atoms with van der Waals surface area (Å²) >= 11 is 2.64. The summed E-state index contributed by atoms with van der Waals surface area (Å²) in [6.07, 6.45) is 0. The molecule has 7 heteroatoms. The van der Waals surface area contributed by atoms with Gasteiger partial charge in [-0.05, 0) is 38.0 Å². The summed E-state index contributed by atoms with van der Waals surface area (Å²) in [5, 5.41) is 10.7. The van der Waals surface area contributed by atoms with Gasteiger partial charge in [0, 0.05) is 5.69 Å². The van der Waals surface area contributed by atoms with Gasteiger partial charge >= 0.3 is 0 Å². The maximum absolute atomic E-state index is 12.2. The number of hydrogen-bond donors (Lipinski definition) is 2. The largest absolute Gasteiger partial charge is 0.374 e. The first-order valence-electron chi connectivity index (χ1n) is 6.09. The van der Waals surface area contributed by atoms with Crippen molar-refractivity contribution in [3.8, 4) is 0 Å². The van der Waals surface area contributed by atoms with Crippen LogP contribution in [0.1, 0.15) is 18.1 Å². The van der Waals surface area contributed by atoms with Gasteiger partial charge < -0.3 is 11.1 Å². The van der Waals surface area contributed by atoms with E-state index in [0.29, 0.717) is 9.47 Å². The molecule has 1 amide bonds. The Morgan fingerprint density at radius 2 is 2.15 bits per heavy atom. The van der Waals surface area contributed by atoms with Crippen LogP contribution in [-0.2, 0) is 4.79 Å². The van der Waals surface area contributed by atoms with Crippen LogP contribution in [0.5, 0.6) is 0 Å². The maximum atomic E-state index is 12.2. The SMILES string of the molecule is Cc1ccc(C)c(NC(=O)[C@@H](C)Sc2nnc(N)s2)c1. The third-order valence-corrected chi connectivity index (χ3v) is 4.66. The number of carbonyl (C=O) groups is 1. The number of hydrogen-bond acceptors (Lipinski definition) is 6. The van der Waals surface area contributed by atoms with Crippen molar-refractivity contribution >= 4 is 39.8 Å². The van der Waals surface area contributed by atoms with Crippen LogP contribution in [0.25, 0.3) is 0 Å². The summed E-state index contributed by atoms with van der Waals surface area (Å²) < 4.78 is 0.700. The molecule has 2 rings (SSSR count). The molecule has 0 aliphatic rings. The van der Waals surface area contributed by atoms with E-state index >= 15 is 0 Å². The summed E-state index contributed by atoms with van der Waals surface area (Å²) in [4.78, 5) is 12.2. The van der Waals surface area contributed by atoms with E-state index in [1.807, 2.05) is 39.0 Å². The van der Waals surface area contributed by atoms with E-state index in [1.54, 1.807) is 0 Å². The highest BCUT2D eigenvalue weighted by atomic mass is 32.2. The minimum atomic E-state index is -0.262. The fraction of sp³-hybridized carbons (Fsp3) is 0.308. The molecule has 0 saturated heterocycles. The molecule has 5 nitrogen and oxygen atoms in total. The number of aromatic nitrogens is 2. The molecule has 1 heterocycles. The molecule has 1 aromatic carbocycles. The number of rotatable bonds is 4. The van der Waals surface area contributed by atoms with Gasteiger partial charge in [-0.1, -0.05) is 35.2 Å². The Morgan fingerprint density at radius 3 is 2.80 bits per heavy atom. The molecular formula is C13H16N4OS2. The highest BCUT2D eigenvalue weighted by molar-refractivity contribution is 8.02. The summed E-state index contributed by atoms with van der Waals surface area (Å²) in [6.45, 7) is 5.80. The molecule has 106 valence electrons. The average Bonchev–Trinajstić information content (AvgIpc) is 2.79. The lowest BCUT2D eigenvalue weighted by atomic mass is 10.1. The van der Waals surface area contributed by atoms with Crippen LogP contribution in [0.4, 0.5) is 10.8 Å². The first-order chi connectivity index (χ1) is 9.45. The quantitative estimate of drug-likeness (QED) is 0.849. The lowest BCUT2D eigenvalue weighted by molar-refractivity contribution is -0.115. The van der Waals surface area contributed by atoms with Gasteiger partial charge in [0.1, 0.15) is 0 Å². The summed E-state index contributed by atoms with van der Waals surface area (Å²) in [5.74, 6) is -0.0579. The number of thioether (sulfide) groups is 1. The van der Waals surface area contributed by atoms with E-state index in [4.69, 9.17) is 5.73 Å². The number of nitrogens with two attached hydrogens (primary N) is 1. The van der Waals surface area contributed by atoms with Gasteiger partial charge in [0.25, 0.3) is 0 Å². The third-order valence-electron chi connectivity index (χ3n) is 2.72. The number of nitrogens with zero attached hydrogens (tertiary/aromatic N) is 2. The molecule has 0 bridgehead atoms. The average molecular weight is 308 g/mol.